The summed E-state index contributed by atoms with van der Waals surface area (Å²) >= 11 is 0. The van der Waals surface area contributed by atoms with Crippen molar-refractivity contribution in [1.82, 2.24) is 0 Å². The van der Waals surface area contributed by atoms with Crippen molar-refractivity contribution in [3.8, 4) is 11.5 Å². The van der Waals surface area contributed by atoms with Crippen LogP contribution in [-0.4, -0.2) is 21.3 Å². The minimum atomic E-state index is -0.851. The predicted octanol–water partition coefficient (Wildman–Crippen LogP) is 4.48. The monoisotopic (exact) mass is 368 g/mol. The number of phenols is 2. The molecule has 1 aromatic carbocycles. The Labute approximate surface area is 159 Å². The molecule has 0 aliphatic heterocycles. The second-order valence-corrected chi connectivity index (χ2v) is 9.77. The van der Waals surface area contributed by atoms with Gasteiger partial charge < -0.3 is 15.3 Å². The summed E-state index contributed by atoms with van der Waals surface area (Å²) in [5, 5.41) is 31.1. The van der Waals surface area contributed by atoms with Crippen molar-refractivity contribution in [2.75, 3.05) is 0 Å². The molecular weight excluding hydrogens is 340 g/mol. The van der Waals surface area contributed by atoms with Crippen molar-refractivity contribution in [1.29, 1.82) is 0 Å². The van der Waals surface area contributed by atoms with E-state index in [0.29, 0.717) is 23.0 Å². The minimum Gasteiger partial charge on any atom is -0.507 e. The molecule has 0 saturated heterocycles. The van der Waals surface area contributed by atoms with Crippen molar-refractivity contribution in [3.05, 3.63) is 34.9 Å². The summed E-state index contributed by atoms with van der Waals surface area (Å²) in [6.45, 7) is 6.51. The van der Waals surface area contributed by atoms with Crippen LogP contribution in [-0.2, 0) is 15.6 Å². The highest BCUT2D eigenvalue weighted by Crippen LogP contribution is 3.12. The Morgan fingerprint density at radius 3 is 2.37 bits per heavy atom. The lowest BCUT2D eigenvalue weighted by Crippen LogP contribution is -2.21. The van der Waals surface area contributed by atoms with Crippen molar-refractivity contribution in [2.24, 2.45) is 23.2 Å². The van der Waals surface area contributed by atoms with Gasteiger partial charge in [0.15, 0.2) is 0 Å². The van der Waals surface area contributed by atoms with Gasteiger partial charge in [0.1, 0.15) is 11.5 Å². The fraction of sp³-hybridized carbons (Fsp3) is 0.609. The van der Waals surface area contributed by atoms with Crippen LogP contribution in [0.1, 0.15) is 64.0 Å². The fourth-order valence-corrected chi connectivity index (χ4v) is 6.64. The van der Waals surface area contributed by atoms with Gasteiger partial charge in [0.05, 0.1) is 0 Å². The van der Waals surface area contributed by atoms with Gasteiger partial charge in [0.2, 0.25) is 0 Å². The van der Waals surface area contributed by atoms with E-state index in [1.807, 2.05) is 6.08 Å². The fourth-order valence-electron chi connectivity index (χ4n) is 6.64. The van der Waals surface area contributed by atoms with E-state index in [0.717, 1.165) is 18.4 Å². The molecule has 4 aliphatic carbocycles. The van der Waals surface area contributed by atoms with Gasteiger partial charge in [0, 0.05) is 22.5 Å². The normalized spacial score (nSPS) is 36.7. The molecule has 4 aliphatic rings. The summed E-state index contributed by atoms with van der Waals surface area (Å²) in [6.07, 6.45) is 7.61. The quantitative estimate of drug-likeness (QED) is 0.591. The first-order valence-corrected chi connectivity index (χ1v) is 10.3. The van der Waals surface area contributed by atoms with Gasteiger partial charge in [0.25, 0.3) is 0 Å². The van der Waals surface area contributed by atoms with E-state index in [-0.39, 0.29) is 28.2 Å². The van der Waals surface area contributed by atoms with E-state index in [9.17, 15) is 20.1 Å². The van der Waals surface area contributed by atoms with Crippen LogP contribution in [0.15, 0.2) is 23.8 Å². The summed E-state index contributed by atoms with van der Waals surface area (Å²) < 4.78 is 0. The van der Waals surface area contributed by atoms with Crippen molar-refractivity contribution < 1.29 is 20.1 Å². The molecule has 3 fully saturated rings. The first-order valence-electron chi connectivity index (χ1n) is 10.3. The lowest BCUT2D eigenvalue weighted by Gasteiger charge is -2.28. The second kappa shape index (κ2) is 4.89. The third-order valence-electron chi connectivity index (χ3n) is 8.12. The summed E-state index contributed by atoms with van der Waals surface area (Å²) in [5.74, 6) is 0.454. The maximum atomic E-state index is 11.5. The summed E-state index contributed by atoms with van der Waals surface area (Å²) in [4.78, 5) is 11.5. The lowest BCUT2D eigenvalue weighted by molar-refractivity contribution is -0.133. The predicted molar refractivity (Wildman–Crippen MR) is 102 cm³/mol. The number of phenolic OH excluding ortho intramolecular Hbond substituents is 2. The third kappa shape index (κ3) is 1.78. The molecule has 4 heteroatoms. The van der Waals surface area contributed by atoms with Gasteiger partial charge in [-0.1, -0.05) is 52.5 Å². The molecule has 0 heterocycles. The molecule has 3 saturated carbocycles. The van der Waals surface area contributed by atoms with E-state index in [1.165, 1.54) is 19.3 Å². The van der Waals surface area contributed by atoms with Crippen molar-refractivity contribution in [3.63, 3.8) is 0 Å². The Balaban J connectivity index is 1.44. The standard InChI is InChI=1S/C23H28O4/c1-4-5-6-7-8-21(2,3)12-9-14(24)17(15(25)10-12)22-11-13(20(26)27)16-18-19(22)23(16,18)22/h9-11,16,18-19,24-25H,4-8H2,1-3H3,(H,26,27)/t16?,18?,19?,22-,23?/m1/s1. The van der Waals surface area contributed by atoms with Crippen molar-refractivity contribution in [2.45, 2.75) is 63.7 Å². The zero-order valence-electron chi connectivity index (χ0n) is 16.2. The molecule has 5 rings (SSSR count). The Morgan fingerprint density at radius 1 is 1.15 bits per heavy atom. The largest absolute Gasteiger partial charge is 0.507 e. The zero-order valence-corrected chi connectivity index (χ0v) is 16.2. The average Bonchev–Trinajstić information content (AvgIpc) is 3.51. The number of aliphatic carboxylic acids is 1. The molecule has 144 valence electrons. The Hall–Kier alpha value is -1.97. The van der Waals surface area contributed by atoms with Crippen LogP contribution in [0, 0.1) is 23.2 Å². The number of carboxylic acids is 1. The highest BCUT2D eigenvalue weighted by atomic mass is 16.4. The van der Waals surface area contributed by atoms with Gasteiger partial charge in [-0.2, -0.15) is 0 Å². The number of fused-ring (bicyclic) bond motifs is 3. The highest BCUT2D eigenvalue weighted by molar-refractivity contribution is 5.96. The SMILES string of the molecule is CCCCCCC(C)(C)c1cc(O)c([C@]23C=C(C(=O)O)C4C5C2C453)c(O)c1. The molecule has 5 atom stereocenters. The van der Waals surface area contributed by atoms with E-state index in [2.05, 4.69) is 20.8 Å². The molecule has 4 nitrogen and oxygen atoms in total. The average molecular weight is 368 g/mol. The summed E-state index contributed by atoms with van der Waals surface area (Å²) in [5.41, 5.74) is 1.48. The highest BCUT2D eigenvalue weighted by Gasteiger charge is 3.13. The molecule has 1 spiro atoms. The van der Waals surface area contributed by atoms with Crippen LogP contribution < -0.4 is 0 Å². The van der Waals surface area contributed by atoms with Crippen LogP contribution >= 0.6 is 0 Å². The molecule has 4 unspecified atom stereocenters. The minimum absolute atomic E-state index is 0.0207. The maximum absolute atomic E-state index is 11.5. The van der Waals surface area contributed by atoms with Crippen LogP contribution in [0.3, 0.4) is 0 Å². The maximum Gasteiger partial charge on any atom is 0.331 e. The second-order valence-electron chi connectivity index (χ2n) is 9.77. The number of hydrogen-bond donors (Lipinski definition) is 3. The number of hydrogen-bond acceptors (Lipinski definition) is 3. The lowest BCUT2D eigenvalue weighted by atomic mass is 9.76. The Kier molecular flexibility index (Phi) is 3.11. The van der Waals surface area contributed by atoms with Crippen LogP contribution in [0.4, 0.5) is 0 Å². The molecule has 0 bridgehead atoms. The number of carbonyl (C=O) groups is 1. The van der Waals surface area contributed by atoms with Crippen LogP contribution in [0.25, 0.3) is 0 Å². The number of unbranched alkanes of at least 4 members (excludes halogenated alkanes) is 3. The van der Waals surface area contributed by atoms with Crippen LogP contribution in [0.2, 0.25) is 0 Å². The first kappa shape index (κ1) is 17.2. The molecule has 3 N–H and O–H groups in total. The number of rotatable bonds is 8. The van der Waals surface area contributed by atoms with E-state index in [1.54, 1.807) is 12.1 Å². The Bertz CT molecular complexity index is 875. The number of allylic oxidation sites excluding steroid dienone is 1. The van der Waals surface area contributed by atoms with Gasteiger partial charge in [-0.05, 0) is 46.8 Å². The molecular formula is C23H28O4. The van der Waals surface area contributed by atoms with Gasteiger partial charge in [-0.15, -0.1) is 0 Å². The molecule has 0 amide bonds. The molecule has 0 radical (unpaired) electrons. The van der Waals surface area contributed by atoms with Gasteiger partial charge in [-0.3, -0.25) is 0 Å². The van der Waals surface area contributed by atoms with Gasteiger partial charge >= 0.3 is 5.97 Å². The van der Waals surface area contributed by atoms with E-state index in [4.69, 9.17) is 0 Å². The number of carboxylic acid groups (broad SMARTS) is 1. The topological polar surface area (TPSA) is 77.8 Å². The summed E-state index contributed by atoms with van der Waals surface area (Å²) in [7, 11) is 0. The Morgan fingerprint density at radius 2 is 1.81 bits per heavy atom. The van der Waals surface area contributed by atoms with Crippen LogP contribution in [0.5, 0.6) is 11.5 Å². The molecule has 1 aromatic rings. The number of aromatic hydroxyl groups is 2. The van der Waals surface area contributed by atoms with E-state index >= 15 is 0 Å². The number of benzene rings is 1. The zero-order chi connectivity index (χ0) is 19.4. The first-order chi connectivity index (χ1) is 12.7. The smallest absolute Gasteiger partial charge is 0.331 e. The van der Waals surface area contributed by atoms with Crippen molar-refractivity contribution >= 4 is 5.97 Å². The van der Waals surface area contributed by atoms with Gasteiger partial charge in [-0.25, -0.2) is 4.79 Å². The van der Waals surface area contributed by atoms with E-state index < -0.39 is 11.4 Å². The summed E-state index contributed by atoms with van der Waals surface area (Å²) in [6, 6.07) is 3.61. The molecule has 0 aromatic heterocycles. The molecule has 27 heavy (non-hydrogen) atoms. The third-order valence-corrected chi connectivity index (χ3v) is 8.12.